The van der Waals surface area contributed by atoms with Crippen molar-refractivity contribution in [3.63, 3.8) is 0 Å². The molecule has 0 aromatic heterocycles. The molecule has 1 heterocycles. The van der Waals surface area contributed by atoms with Crippen LogP contribution in [0.3, 0.4) is 0 Å². The molecule has 2 aromatic carbocycles. The summed E-state index contributed by atoms with van der Waals surface area (Å²) in [7, 11) is 3.04. The summed E-state index contributed by atoms with van der Waals surface area (Å²) in [6.07, 6.45) is 0. The van der Waals surface area contributed by atoms with Crippen LogP contribution in [0.25, 0.3) is 5.57 Å². The summed E-state index contributed by atoms with van der Waals surface area (Å²) >= 11 is 1.38. The Kier molecular flexibility index (Phi) is 5.56. The minimum atomic E-state index is -0.355. The Labute approximate surface area is 163 Å². The number of rotatable bonds is 6. The summed E-state index contributed by atoms with van der Waals surface area (Å²) in [5.74, 6) is 0.969. The van der Waals surface area contributed by atoms with Crippen molar-refractivity contribution in [2.24, 2.45) is 0 Å². The van der Waals surface area contributed by atoms with Crippen molar-refractivity contribution in [2.75, 3.05) is 24.9 Å². The first-order valence-corrected chi connectivity index (χ1v) is 9.55. The number of imide groups is 1. The number of aryl methyl sites for hydroxylation is 1. The van der Waals surface area contributed by atoms with Crippen molar-refractivity contribution in [1.82, 2.24) is 0 Å². The predicted octanol–water partition coefficient (Wildman–Crippen LogP) is 4.05. The minimum Gasteiger partial charge on any atom is -0.497 e. The van der Waals surface area contributed by atoms with Crippen LogP contribution in [0.5, 0.6) is 11.5 Å². The van der Waals surface area contributed by atoms with Crippen molar-refractivity contribution in [3.05, 3.63) is 58.5 Å². The van der Waals surface area contributed by atoms with Gasteiger partial charge in [0.05, 0.1) is 30.4 Å². The minimum absolute atomic E-state index is 0.339. The fourth-order valence-electron chi connectivity index (χ4n) is 2.95. The van der Waals surface area contributed by atoms with Crippen molar-refractivity contribution in [2.45, 2.75) is 13.8 Å². The molecule has 0 radical (unpaired) electrons. The van der Waals surface area contributed by atoms with Gasteiger partial charge in [0.15, 0.2) is 0 Å². The predicted molar refractivity (Wildman–Crippen MR) is 108 cm³/mol. The van der Waals surface area contributed by atoms with Crippen LogP contribution in [0, 0.1) is 6.92 Å². The second-order valence-electron chi connectivity index (χ2n) is 5.99. The third-order valence-electron chi connectivity index (χ3n) is 4.30. The van der Waals surface area contributed by atoms with Crippen LogP contribution in [0.15, 0.2) is 47.4 Å². The lowest BCUT2D eigenvalue weighted by Crippen LogP contribution is -2.31. The molecule has 0 saturated heterocycles. The van der Waals surface area contributed by atoms with E-state index in [-0.39, 0.29) is 11.8 Å². The molecule has 0 aliphatic carbocycles. The lowest BCUT2D eigenvalue weighted by molar-refractivity contribution is -0.119. The lowest BCUT2D eigenvalue weighted by Gasteiger charge is -2.19. The van der Waals surface area contributed by atoms with Gasteiger partial charge in [0.1, 0.15) is 11.5 Å². The molecule has 0 atom stereocenters. The highest BCUT2D eigenvalue weighted by atomic mass is 32.2. The largest absolute Gasteiger partial charge is 0.497 e. The first kappa shape index (κ1) is 19.0. The molecule has 0 fully saturated rings. The van der Waals surface area contributed by atoms with Gasteiger partial charge in [-0.15, -0.1) is 11.8 Å². The van der Waals surface area contributed by atoms with Gasteiger partial charge in [-0.25, -0.2) is 4.90 Å². The summed E-state index contributed by atoms with van der Waals surface area (Å²) in [4.78, 5) is 28.1. The monoisotopic (exact) mass is 383 g/mol. The van der Waals surface area contributed by atoms with Crippen LogP contribution < -0.4 is 14.4 Å². The number of methoxy groups -OCH3 is 2. The van der Waals surface area contributed by atoms with Crippen molar-refractivity contribution in [3.8, 4) is 11.5 Å². The number of nitrogens with zero attached hydrogens (tertiary/aromatic N) is 1. The molecule has 6 heteroatoms. The second-order valence-corrected chi connectivity index (χ2v) is 7.26. The molecule has 2 amide bonds. The first-order chi connectivity index (χ1) is 13.0. The molecule has 0 N–H and O–H groups in total. The Morgan fingerprint density at radius 2 is 1.67 bits per heavy atom. The number of ether oxygens (including phenoxy) is 2. The summed E-state index contributed by atoms with van der Waals surface area (Å²) in [6, 6.07) is 12.7. The van der Waals surface area contributed by atoms with E-state index in [0.29, 0.717) is 33.4 Å². The maximum Gasteiger partial charge on any atom is 0.272 e. The number of benzene rings is 2. The van der Waals surface area contributed by atoms with Gasteiger partial charge in [-0.3, -0.25) is 9.59 Å². The zero-order valence-corrected chi connectivity index (χ0v) is 16.6. The highest BCUT2D eigenvalue weighted by Gasteiger charge is 2.41. The van der Waals surface area contributed by atoms with E-state index in [1.165, 1.54) is 30.9 Å². The third-order valence-corrected chi connectivity index (χ3v) is 5.25. The van der Waals surface area contributed by atoms with Gasteiger partial charge in [0.2, 0.25) is 0 Å². The van der Waals surface area contributed by atoms with E-state index in [1.54, 1.807) is 18.2 Å². The Hall–Kier alpha value is -2.73. The number of amides is 2. The summed E-state index contributed by atoms with van der Waals surface area (Å²) < 4.78 is 10.6. The maximum absolute atomic E-state index is 13.3. The van der Waals surface area contributed by atoms with Crippen molar-refractivity contribution >= 4 is 34.8 Å². The van der Waals surface area contributed by atoms with E-state index in [9.17, 15) is 9.59 Å². The molecule has 1 aliphatic heterocycles. The molecule has 0 saturated carbocycles. The summed E-state index contributed by atoms with van der Waals surface area (Å²) in [5.41, 5.74) is 2.63. The average Bonchev–Trinajstić information content (AvgIpc) is 2.92. The number of carbonyl (C=O) groups is 2. The quantitative estimate of drug-likeness (QED) is 0.705. The van der Waals surface area contributed by atoms with E-state index in [4.69, 9.17) is 9.47 Å². The molecular formula is C21H21NO4S. The molecule has 0 spiro atoms. The standard InChI is InChI=1S/C21H21NO4S/c1-5-27-19-18(14-8-6-13(2)7-9-14)20(23)22(21(19)24)16-12-15(25-3)10-11-17(16)26-4/h6-12H,5H2,1-4H3. The zero-order chi connectivity index (χ0) is 19.6. The molecule has 1 aliphatic rings. The fourth-order valence-corrected chi connectivity index (χ4v) is 3.81. The number of carbonyl (C=O) groups excluding carboxylic acids is 2. The zero-order valence-electron chi connectivity index (χ0n) is 15.7. The molecule has 0 unspecified atom stereocenters. The third kappa shape index (κ3) is 3.45. The van der Waals surface area contributed by atoms with Crippen molar-refractivity contribution < 1.29 is 19.1 Å². The van der Waals surface area contributed by atoms with Crippen LogP contribution in [-0.2, 0) is 9.59 Å². The number of hydrogen-bond acceptors (Lipinski definition) is 5. The normalized spacial score (nSPS) is 14.1. The Balaban J connectivity index is 2.13. The van der Waals surface area contributed by atoms with Crippen LogP contribution in [0.2, 0.25) is 0 Å². The molecule has 3 rings (SSSR count). The molecule has 5 nitrogen and oxygen atoms in total. The molecule has 0 bridgehead atoms. The van der Waals surface area contributed by atoms with Crippen molar-refractivity contribution in [1.29, 1.82) is 0 Å². The van der Waals surface area contributed by atoms with E-state index >= 15 is 0 Å². The van der Waals surface area contributed by atoms with Gasteiger partial charge in [-0.2, -0.15) is 0 Å². The summed E-state index contributed by atoms with van der Waals surface area (Å²) in [6.45, 7) is 3.94. The van der Waals surface area contributed by atoms with Crippen LogP contribution in [-0.4, -0.2) is 31.8 Å². The lowest BCUT2D eigenvalue weighted by atomic mass is 10.0. The van der Waals surface area contributed by atoms with E-state index in [0.717, 1.165) is 11.1 Å². The first-order valence-electron chi connectivity index (χ1n) is 8.56. The molecular weight excluding hydrogens is 362 g/mol. The van der Waals surface area contributed by atoms with Crippen LogP contribution >= 0.6 is 11.8 Å². The fraction of sp³-hybridized carbons (Fsp3) is 0.238. The van der Waals surface area contributed by atoms with Gasteiger partial charge in [0, 0.05) is 6.07 Å². The highest BCUT2D eigenvalue weighted by Crippen LogP contribution is 2.42. The topological polar surface area (TPSA) is 55.8 Å². The second kappa shape index (κ2) is 7.88. The molecule has 140 valence electrons. The van der Waals surface area contributed by atoms with Crippen LogP contribution in [0.1, 0.15) is 18.1 Å². The Morgan fingerprint density at radius 1 is 0.963 bits per heavy atom. The van der Waals surface area contributed by atoms with Gasteiger partial charge in [-0.1, -0.05) is 36.8 Å². The van der Waals surface area contributed by atoms with E-state index in [1.807, 2.05) is 38.1 Å². The van der Waals surface area contributed by atoms with Gasteiger partial charge < -0.3 is 9.47 Å². The average molecular weight is 383 g/mol. The molecule has 2 aromatic rings. The number of thioether (sulfide) groups is 1. The SMILES string of the molecule is CCSC1=C(c2ccc(C)cc2)C(=O)N(c2cc(OC)ccc2OC)C1=O. The smallest absolute Gasteiger partial charge is 0.272 e. The van der Waals surface area contributed by atoms with Gasteiger partial charge in [0.25, 0.3) is 11.8 Å². The highest BCUT2D eigenvalue weighted by molar-refractivity contribution is 8.04. The number of anilines is 1. The van der Waals surface area contributed by atoms with E-state index < -0.39 is 0 Å². The maximum atomic E-state index is 13.3. The van der Waals surface area contributed by atoms with E-state index in [2.05, 4.69) is 0 Å². The number of hydrogen-bond donors (Lipinski definition) is 0. The summed E-state index contributed by atoms with van der Waals surface area (Å²) in [5, 5.41) is 0. The van der Waals surface area contributed by atoms with Gasteiger partial charge in [-0.05, 0) is 30.4 Å². The molecule has 27 heavy (non-hydrogen) atoms. The van der Waals surface area contributed by atoms with Crippen LogP contribution in [0.4, 0.5) is 5.69 Å². The van der Waals surface area contributed by atoms with Gasteiger partial charge >= 0.3 is 0 Å². The Bertz CT molecular complexity index is 918. The Morgan fingerprint density at radius 3 is 2.26 bits per heavy atom.